The summed E-state index contributed by atoms with van der Waals surface area (Å²) in [5, 5.41) is 0. The lowest BCUT2D eigenvalue weighted by atomic mass is 9.90. The Bertz CT molecular complexity index is 466. The minimum atomic E-state index is 0.108. The normalized spacial score (nSPS) is 25.0. The van der Waals surface area contributed by atoms with E-state index in [1.165, 1.54) is 31.2 Å². The lowest BCUT2D eigenvalue weighted by Gasteiger charge is -2.38. The number of nitrogens with two attached hydrogens (primary N) is 1. The second kappa shape index (κ2) is 5.74. The third kappa shape index (κ3) is 2.84. The van der Waals surface area contributed by atoms with Gasteiger partial charge < -0.3 is 15.2 Å². The smallest absolute Gasteiger partial charge is 0.124 e. The number of aryl methyl sites for hydroxylation is 1. The third-order valence-electron chi connectivity index (χ3n) is 4.69. The van der Waals surface area contributed by atoms with Crippen molar-refractivity contribution < 1.29 is 9.47 Å². The van der Waals surface area contributed by atoms with Crippen LogP contribution in [0.3, 0.4) is 0 Å². The van der Waals surface area contributed by atoms with Gasteiger partial charge in [-0.2, -0.15) is 0 Å². The van der Waals surface area contributed by atoms with E-state index in [-0.39, 0.29) is 11.7 Å². The van der Waals surface area contributed by atoms with Crippen LogP contribution in [0.25, 0.3) is 0 Å². The Hall–Kier alpha value is -1.06. The van der Waals surface area contributed by atoms with Crippen molar-refractivity contribution in [3.63, 3.8) is 0 Å². The first-order chi connectivity index (χ1) is 9.71. The summed E-state index contributed by atoms with van der Waals surface area (Å²) >= 11 is 0. The molecule has 0 aromatic heterocycles. The number of hydrogen-bond acceptors (Lipinski definition) is 3. The maximum absolute atomic E-state index is 6.26. The maximum atomic E-state index is 6.26. The van der Waals surface area contributed by atoms with Crippen LogP contribution in [0, 0.1) is 6.92 Å². The molecule has 1 heterocycles. The second-order valence-corrected chi connectivity index (χ2v) is 6.29. The van der Waals surface area contributed by atoms with Crippen LogP contribution in [-0.4, -0.2) is 18.3 Å². The Morgan fingerprint density at radius 3 is 2.90 bits per heavy atom. The molecule has 3 rings (SSSR count). The number of rotatable bonds is 3. The van der Waals surface area contributed by atoms with E-state index in [1.54, 1.807) is 0 Å². The van der Waals surface area contributed by atoms with E-state index in [2.05, 4.69) is 25.1 Å². The standard InChI is InChI=1S/C17H25NO2/c1-13-4-5-16(14(10-13)12-18)20-15-6-9-19-17(11-15)7-2-3-8-17/h4-5,10,15H,2-3,6-9,11-12,18H2,1H3. The maximum Gasteiger partial charge on any atom is 0.124 e. The summed E-state index contributed by atoms with van der Waals surface area (Å²) in [6.45, 7) is 3.45. The fourth-order valence-corrected chi connectivity index (χ4v) is 3.61. The average Bonchev–Trinajstić information content (AvgIpc) is 2.89. The first-order valence-corrected chi connectivity index (χ1v) is 7.81. The highest BCUT2D eigenvalue weighted by atomic mass is 16.5. The van der Waals surface area contributed by atoms with Crippen molar-refractivity contribution in [2.75, 3.05) is 6.61 Å². The molecule has 1 spiro atoms. The van der Waals surface area contributed by atoms with Crippen LogP contribution in [0.5, 0.6) is 5.75 Å². The minimum absolute atomic E-state index is 0.108. The Labute approximate surface area is 121 Å². The van der Waals surface area contributed by atoms with E-state index in [0.717, 1.165) is 30.8 Å². The van der Waals surface area contributed by atoms with E-state index in [1.807, 2.05) is 0 Å². The van der Waals surface area contributed by atoms with Crippen molar-refractivity contribution >= 4 is 0 Å². The monoisotopic (exact) mass is 275 g/mol. The van der Waals surface area contributed by atoms with Crippen LogP contribution in [0.1, 0.15) is 49.7 Å². The van der Waals surface area contributed by atoms with Gasteiger partial charge in [-0.15, -0.1) is 0 Å². The van der Waals surface area contributed by atoms with Crippen LogP contribution >= 0.6 is 0 Å². The van der Waals surface area contributed by atoms with Crippen LogP contribution < -0.4 is 10.5 Å². The van der Waals surface area contributed by atoms with Gasteiger partial charge in [0.05, 0.1) is 12.2 Å². The van der Waals surface area contributed by atoms with Gasteiger partial charge >= 0.3 is 0 Å². The summed E-state index contributed by atoms with van der Waals surface area (Å²) in [6, 6.07) is 6.29. The van der Waals surface area contributed by atoms with E-state index >= 15 is 0 Å². The zero-order chi connectivity index (χ0) is 14.0. The Kier molecular flexibility index (Phi) is 3.99. The highest BCUT2D eigenvalue weighted by Crippen LogP contribution is 2.41. The van der Waals surface area contributed by atoms with Gasteiger partial charge in [-0.05, 0) is 25.8 Å². The van der Waals surface area contributed by atoms with E-state index < -0.39 is 0 Å². The molecular formula is C17H25NO2. The lowest BCUT2D eigenvalue weighted by molar-refractivity contribution is -0.108. The predicted octanol–water partition coefficient (Wildman–Crippen LogP) is 3.32. The molecule has 1 aromatic rings. The summed E-state index contributed by atoms with van der Waals surface area (Å²) in [7, 11) is 0. The van der Waals surface area contributed by atoms with Gasteiger partial charge in [-0.3, -0.25) is 0 Å². The molecule has 1 aliphatic carbocycles. The highest BCUT2D eigenvalue weighted by molar-refractivity contribution is 5.37. The molecule has 1 atom stereocenters. The Balaban J connectivity index is 1.71. The molecule has 2 N–H and O–H groups in total. The molecule has 0 bridgehead atoms. The zero-order valence-corrected chi connectivity index (χ0v) is 12.4. The van der Waals surface area contributed by atoms with E-state index in [4.69, 9.17) is 15.2 Å². The molecule has 0 radical (unpaired) electrons. The largest absolute Gasteiger partial charge is 0.490 e. The molecule has 3 heteroatoms. The number of ether oxygens (including phenoxy) is 2. The first kappa shape index (κ1) is 13.9. The van der Waals surface area contributed by atoms with Crippen molar-refractivity contribution in [2.24, 2.45) is 5.73 Å². The van der Waals surface area contributed by atoms with Crippen molar-refractivity contribution in [3.05, 3.63) is 29.3 Å². The molecule has 1 aliphatic heterocycles. The van der Waals surface area contributed by atoms with E-state index in [0.29, 0.717) is 6.54 Å². The fraction of sp³-hybridized carbons (Fsp3) is 0.647. The Morgan fingerprint density at radius 2 is 2.15 bits per heavy atom. The molecule has 2 fully saturated rings. The topological polar surface area (TPSA) is 44.5 Å². The molecule has 1 aromatic carbocycles. The molecule has 3 nitrogen and oxygen atoms in total. The SMILES string of the molecule is Cc1ccc(OC2CCOC3(CCCC3)C2)c(CN)c1. The number of hydrogen-bond donors (Lipinski definition) is 1. The van der Waals surface area contributed by atoms with Gasteiger partial charge in [-0.1, -0.05) is 30.5 Å². The van der Waals surface area contributed by atoms with Crippen LogP contribution in [0.4, 0.5) is 0 Å². The summed E-state index contributed by atoms with van der Waals surface area (Å²) < 4.78 is 12.3. The number of benzene rings is 1. The van der Waals surface area contributed by atoms with E-state index in [9.17, 15) is 0 Å². The van der Waals surface area contributed by atoms with Crippen LogP contribution in [0.15, 0.2) is 18.2 Å². The molecule has 1 unspecified atom stereocenters. The van der Waals surface area contributed by atoms with Crippen molar-refractivity contribution in [2.45, 2.75) is 63.7 Å². The summed E-state index contributed by atoms with van der Waals surface area (Å²) in [5.41, 5.74) is 8.28. The predicted molar refractivity (Wildman–Crippen MR) is 79.9 cm³/mol. The minimum Gasteiger partial charge on any atom is -0.490 e. The van der Waals surface area contributed by atoms with Crippen LogP contribution in [0.2, 0.25) is 0 Å². The van der Waals surface area contributed by atoms with Gasteiger partial charge in [0.1, 0.15) is 11.9 Å². The molecule has 1 saturated carbocycles. The van der Waals surface area contributed by atoms with Crippen molar-refractivity contribution in [1.82, 2.24) is 0 Å². The summed E-state index contributed by atoms with van der Waals surface area (Å²) in [4.78, 5) is 0. The van der Waals surface area contributed by atoms with Crippen molar-refractivity contribution in [3.8, 4) is 5.75 Å². The average molecular weight is 275 g/mol. The van der Waals surface area contributed by atoms with Gasteiger partial charge in [-0.25, -0.2) is 0 Å². The lowest BCUT2D eigenvalue weighted by Crippen LogP contribution is -2.41. The third-order valence-corrected chi connectivity index (χ3v) is 4.69. The Morgan fingerprint density at radius 1 is 1.35 bits per heavy atom. The fourth-order valence-electron chi connectivity index (χ4n) is 3.61. The molecule has 20 heavy (non-hydrogen) atoms. The molecule has 110 valence electrons. The van der Waals surface area contributed by atoms with Gasteiger partial charge in [0.25, 0.3) is 0 Å². The molecular weight excluding hydrogens is 250 g/mol. The summed E-state index contributed by atoms with van der Waals surface area (Å²) in [5.74, 6) is 0.957. The van der Waals surface area contributed by atoms with Gasteiger partial charge in [0.2, 0.25) is 0 Å². The molecule has 2 aliphatic rings. The van der Waals surface area contributed by atoms with Crippen LogP contribution in [-0.2, 0) is 11.3 Å². The quantitative estimate of drug-likeness (QED) is 0.920. The molecule has 1 saturated heterocycles. The van der Waals surface area contributed by atoms with Gasteiger partial charge in [0.15, 0.2) is 0 Å². The molecule has 0 amide bonds. The first-order valence-electron chi connectivity index (χ1n) is 7.81. The van der Waals surface area contributed by atoms with Crippen molar-refractivity contribution in [1.29, 1.82) is 0 Å². The second-order valence-electron chi connectivity index (χ2n) is 6.29. The van der Waals surface area contributed by atoms with Gasteiger partial charge in [0, 0.05) is 24.9 Å². The highest BCUT2D eigenvalue weighted by Gasteiger charge is 2.40. The summed E-state index contributed by atoms with van der Waals surface area (Å²) in [6.07, 6.45) is 7.28. The zero-order valence-electron chi connectivity index (χ0n) is 12.4.